The van der Waals surface area contributed by atoms with Crippen LogP contribution in [0.1, 0.15) is 48.7 Å². The number of hydrogen-bond donors (Lipinski definition) is 0. The fourth-order valence-electron chi connectivity index (χ4n) is 3.48. The second-order valence-corrected chi connectivity index (χ2v) is 7.17. The summed E-state index contributed by atoms with van der Waals surface area (Å²) in [6, 6.07) is 3.81. The summed E-state index contributed by atoms with van der Waals surface area (Å²) in [5.74, 6) is 0.297. The van der Waals surface area contributed by atoms with Crippen molar-refractivity contribution in [2.45, 2.75) is 45.3 Å². The summed E-state index contributed by atoms with van der Waals surface area (Å²) in [5.41, 5.74) is 10.6. The maximum absolute atomic E-state index is 12.6. The molecule has 0 bridgehead atoms. The smallest absolute Gasteiger partial charge is 0.340 e. The number of aromatic nitrogens is 1. The van der Waals surface area contributed by atoms with E-state index in [0.29, 0.717) is 11.3 Å². The second kappa shape index (κ2) is 8.01. The molecule has 1 saturated carbocycles. The molecule has 1 fully saturated rings. The SMILES string of the molecule is CCOC(=O)c1c(CN=[N+]=[N-])n(C)c2cc(Br)c(OC3CCCC3)cc12. The molecule has 7 nitrogen and oxygen atoms in total. The number of aryl methyl sites for hydroxylation is 1. The Bertz CT molecular complexity index is 880. The summed E-state index contributed by atoms with van der Waals surface area (Å²) in [6.45, 7) is 2.12. The van der Waals surface area contributed by atoms with E-state index in [1.807, 2.05) is 23.7 Å². The van der Waals surface area contributed by atoms with E-state index in [1.54, 1.807) is 6.92 Å². The van der Waals surface area contributed by atoms with Crippen LogP contribution in [-0.2, 0) is 18.3 Å². The van der Waals surface area contributed by atoms with Gasteiger partial charge in [0.15, 0.2) is 0 Å². The van der Waals surface area contributed by atoms with Gasteiger partial charge in [0.2, 0.25) is 0 Å². The molecule has 0 radical (unpaired) electrons. The van der Waals surface area contributed by atoms with Gasteiger partial charge in [-0.2, -0.15) is 0 Å². The fourth-order valence-corrected chi connectivity index (χ4v) is 3.90. The van der Waals surface area contributed by atoms with Crippen LogP contribution in [0.25, 0.3) is 21.3 Å². The number of fused-ring (bicyclic) bond motifs is 1. The molecule has 0 N–H and O–H groups in total. The van der Waals surface area contributed by atoms with Gasteiger partial charge in [0.1, 0.15) is 5.75 Å². The second-order valence-electron chi connectivity index (χ2n) is 6.31. The maximum Gasteiger partial charge on any atom is 0.340 e. The van der Waals surface area contributed by atoms with Gasteiger partial charge in [-0.25, -0.2) is 4.79 Å². The van der Waals surface area contributed by atoms with E-state index < -0.39 is 5.97 Å². The van der Waals surface area contributed by atoms with Gasteiger partial charge in [0.05, 0.1) is 34.8 Å². The molecule has 0 spiro atoms. The van der Waals surface area contributed by atoms with E-state index in [4.69, 9.17) is 15.0 Å². The van der Waals surface area contributed by atoms with Crippen molar-refractivity contribution in [3.63, 3.8) is 0 Å². The van der Waals surface area contributed by atoms with Crippen LogP contribution in [0.4, 0.5) is 0 Å². The Morgan fingerprint density at radius 3 is 2.81 bits per heavy atom. The minimum atomic E-state index is -0.421. The van der Waals surface area contributed by atoms with Crippen LogP contribution in [0, 0.1) is 0 Å². The predicted molar refractivity (Wildman–Crippen MR) is 102 cm³/mol. The highest BCUT2D eigenvalue weighted by Gasteiger charge is 2.24. The van der Waals surface area contributed by atoms with E-state index >= 15 is 0 Å². The van der Waals surface area contributed by atoms with Crippen molar-refractivity contribution in [3.8, 4) is 5.75 Å². The molecule has 8 heteroatoms. The maximum atomic E-state index is 12.6. The third kappa shape index (κ3) is 3.52. The van der Waals surface area contributed by atoms with Crippen molar-refractivity contribution >= 4 is 32.8 Å². The van der Waals surface area contributed by atoms with Gasteiger partial charge in [-0.3, -0.25) is 0 Å². The van der Waals surface area contributed by atoms with Crippen LogP contribution < -0.4 is 4.74 Å². The van der Waals surface area contributed by atoms with Crippen molar-refractivity contribution in [2.24, 2.45) is 12.2 Å². The monoisotopic (exact) mass is 420 g/mol. The predicted octanol–water partition coefficient (Wildman–Crippen LogP) is 5.25. The van der Waals surface area contributed by atoms with E-state index in [-0.39, 0.29) is 19.3 Å². The summed E-state index contributed by atoms with van der Waals surface area (Å²) in [4.78, 5) is 15.4. The van der Waals surface area contributed by atoms with Crippen LogP contribution >= 0.6 is 15.9 Å². The van der Waals surface area contributed by atoms with Gasteiger partial charge in [0.25, 0.3) is 0 Å². The minimum Gasteiger partial charge on any atom is -0.489 e. The van der Waals surface area contributed by atoms with Crippen LogP contribution in [0.2, 0.25) is 0 Å². The van der Waals surface area contributed by atoms with Crippen molar-refractivity contribution in [1.82, 2.24) is 4.57 Å². The zero-order valence-electron chi connectivity index (χ0n) is 14.9. The Labute approximate surface area is 160 Å². The number of esters is 1. The summed E-state index contributed by atoms with van der Waals surface area (Å²) < 4.78 is 14.1. The number of carbonyl (C=O) groups excluding carboxylic acids is 1. The lowest BCUT2D eigenvalue weighted by Crippen LogP contribution is -2.11. The Balaban J connectivity index is 2.14. The third-order valence-corrected chi connectivity index (χ3v) is 5.35. The van der Waals surface area contributed by atoms with Crippen LogP contribution in [-0.4, -0.2) is 23.2 Å². The standard InChI is InChI=1S/C18H21BrN4O3/c1-3-25-18(24)17-12-8-16(26-11-6-4-5-7-11)13(19)9-14(12)23(2)15(17)10-21-22-20/h8-9,11H,3-7,10H2,1-2H3. The van der Waals surface area contributed by atoms with Gasteiger partial charge in [-0.1, -0.05) is 5.11 Å². The lowest BCUT2D eigenvalue weighted by molar-refractivity contribution is 0.0527. The molecule has 0 unspecified atom stereocenters. The van der Waals surface area contributed by atoms with Gasteiger partial charge < -0.3 is 14.0 Å². The van der Waals surface area contributed by atoms with Crippen molar-refractivity contribution < 1.29 is 14.3 Å². The van der Waals surface area contributed by atoms with Gasteiger partial charge in [-0.15, -0.1) is 0 Å². The fraction of sp³-hybridized carbons (Fsp3) is 0.500. The summed E-state index contributed by atoms with van der Waals surface area (Å²) in [6.07, 6.45) is 4.67. The van der Waals surface area contributed by atoms with Gasteiger partial charge in [-0.05, 0) is 66.2 Å². The van der Waals surface area contributed by atoms with Gasteiger partial charge >= 0.3 is 5.97 Å². The zero-order valence-corrected chi connectivity index (χ0v) is 16.5. The first-order valence-electron chi connectivity index (χ1n) is 8.72. The van der Waals surface area contributed by atoms with E-state index in [0.717, 1.165) is 34.0 Å². The molecule has 1 heterocycles. The number of benzene rings is 1. The molecule has 2 aromatic rings. The summed E-state index contributed by atoms with van der Waals surface area (Å²) in [5, 5.41) is 4.38. The number of hydrogen-bond acceptors (Lipinski definition) is 4. The molecular weight excluding hydrogens is 400 g/mol. The Morgan fingerprint density at radius 2 is 2.15 bits per heavy atom. The molecule has 138 valence electrons. The van der Waals surface area contributed by atoms with Crippen LogP contribution in [0.3, 0.4) is 0 Å². The van der Waals surface area contributed by atoms with E-state index in [9.17, 15) is 4.79 Å². The van der Waals surface area contributed by atoms with Gasteiger partial charge in [0, 0.05) is 23.0 Å². The Kier molecular flexibility index (Phi) is 5.74. The van der Waals surface area contributed by atoms with E-state index in [2.05, 4.69) is 26.0 Å². The topological polar surface area (TPSA) is 89.2 Å². The normalized spacial score (nSPS) is 14.4. The van der Waals surface area contributed by atoms with Crippen LogP contribution in [0.5, 0.6) is 5.75 Å². The number of ether oxygens (including phenoxy) is 2. The highest BCUT2D eigenvalue weighted by molar-refractivity contribution is 9.10. The molecule has 0 atom stereocenters. The average Bonchev–Trinajstić information content (AvgIpc) is 3.21. The molecule has 1 aliphatic carbocycles. The minimum absolute atomic E-state index is 0.0757. The number of halogens is 1. The number of azide groups is 1. The van der Waals surface area contributed by atoms with Crippen LogP contribution in [0.15, 0.2) is 21.7 Å². The lowest BCUT2D eigenvalue weighted by Gasteiger charge is -2.15. The quantitative estimate of drug-likeness (QED) is 0.276. The van der Waals surface area contributed by atoms with E-state index in [1.165, 1.54) is 12.8 Å². The number of rotatable bonds is 6. The highest BCUT2D eigenvalue weighted by atomic mass is 79.9. The molecule has 0 aliphatic heterocycles. The first kappa shape index (κ1) is 18.6. The molecule has 3 rings (SSSR count). The molecule has 1 aromatic heterocycles. The largest absolute Gasteiger partial charge is 0.489 e. The van der Waals surface area contributed by atoms with Crippen molar-refractivity contribution in [1.29, 1.82) is 0 Å². The first-order chi connectivity index (χ1) is 12.6. The summed E-state index contributed by atoms with van der Waals surface area (Å²) in [7, 11) is 1.84. The first-order valence-corrected chi connectivity index (χ1v) is 9.51. The van der Waals surface area contributed by atoms with Crippen molar-refractivity contribution in [3.05, 3.63) is 38.3 Å². The number of nitrogens with zero attached hydrogens (tertiary/aromatic N) is 4. The van der Waals surface area contributed by atoms with Crippen molar-refractivity contribution in [2.75, 3.05) is 6.61 Å². The lowest BCUT2D eigenvalue weighted by atomic mass is 10.1. The Hall–Kier alpha value is -2.18. The summed E-state index contributed by atoms with van der Waals surface area (Å²) >= 11 is 3.58. The molecule has 0 saturated heterocycles. The third-order valence-electron chi connectivity index (χ3n) is 4.73. The molecule has 1 aliphatic rings. The zero-order chi connectivity index (χ0) is 18.7. The molecule has 26 heavy (non-hydrogen) atoms. The number of carbonyl (C=O) groups is 1. The molecular formula is C18H21BrN4O3. The Morgan fingerprint density at radius 1 is 1.42 bits per heavy atom. The average molecular weight is 421 g/mol. The highest BCUT2D eigenvalue weighted by Crippen LogP contribution is 2.37. The molecule has 1 aromatic carbocycles. The molecule has 0 amide bonds.